The van der Waals surface area contributed by atoms with Crippen LogP contribution in [0.5, 0.6) is 0 Å². The van der Waals surface area contributed by atoms with Crippen LogP contribution in [0.2, 0.25) is 0 Å². The van der Waals surface area contributed by atoms with E-state index in [9.17, 15) is 34.5 Å². The standard InChI is InChI=1S/C31H41NO12/c1-13(2)9-19(34)43-22-24-30-12-41-31(24,28(39)40-5)25(36)20(35)23(30)29(4)11-17(33)21(44-26(37)16-7-6-8-32-16)14(3)15(29)10-18(30)42-27(22)38/h9,15-16,18,20,22-25,27,32,35-36,38H,6-8,10-12H2,1-5H3/t15-,16+,18+,20+,22+,23?,24+,25-,27?,29-,30+,31-/m0/s1. The predicted molar refractivity (Wildman–Crippen MR) is 148 cm³/mol. The number of carbonyl (C=O) groups excluding carboxylic acids is 4. The Morgan fingerprint density at radius 1 is 1.14 bits per heavy atom. The molecule has 3 saturated heterocycles. The summed E-state index contributed by atoms with van der Waals surface area (Å²) in [6.07, 6.45) is -4.80. The Morgan fingerprint density at radius 2 is 1.86 bits per heavy atom. The maximum Gasteiger partial charge on any atom is 0.341 e. The third-order valence-corrected chi connectivity index (χ3v) is 11.1. The van der Waals surface area contributed by atoms with E-state index in [4.69, 9.17) is 23.7 Å². The van der Waals surface area contributed by atoms with E-state index in [1.54, 1.807) is 20.8 Å². The minimum Gasteiger partial charge on any atom is -0.467 e. The second-order valence-corrected chi connectivity index (χ2v) is 13.7. The maximum atomic E-state index is 13.8. The molecule has 0 aromatic carbocycles. The third kappa shape index (κ3) is 4.12. The largest absolute Gasteiger partial charge is 0.467 e. The topological polar surface area (TPSA) is 187 Å². The number of hydrogen-bond donors (Lipinski definition) is 4. The van der Waals surface area contributed by atoms with Crippen LogP contribution in [0.1, 0.15) is 53.4 Å². The van der Waals surface area contributed by atoms with Crippen molar-refractivity contribution in [2.45, 2.75) is 95.7 Å². The Hall–Kier alpha value is -2.68. The first-order valence-electron chi connectivity index (χ1n) is 15.2. The average molecular weight is 620 g/mol. The van der Waals surface area contributed by atoms with Crippen molar-refractivity contribution < 1.29 is 58.2 Å². The number of nitrogens with one attached hydrogen (secondary N) is 1. The molecule has 5 fully saturated rings. The van der Waals surface area contributed by atoms with E-state index >= 15 is 0 Å². The molecule has 3 aliphatic heterocycles. The normalized spacial score (nSPS) is 45.6. The van der Waals surface area contributed by atoms with Crippen molar-refractivity contribution in [3.8, 4) is 0 Å². The highest BCUT2D eigenvalue weighted by molar-refractivity contribution is 5.98. The van der Waals surface area contributed by atoms with E-state index < -0.39 is 94.6 Å². The lowest BCUT2D eigenvalue weighted by Gasteiger charge is -2.68. The summed E-state index contributed by atoms with van der Waals surface area (Å²) < 4.78 is 28.9. The molecule has 12 atom stereocenters. The van der Waals surface area contributed by atoms with Gasteiger partial charge in [0.05, 0.1) is 31.8 Å². The van der Waals surface area contributed by atoms with Gasteiger partial charge in [-0.25, -0.2) is 14.4 Å². The number of allylic oxidation sites excluding steroid dienone is 3. The number of esters is 3. The van der Waals surface area contributed by atoms with Crippen molar-refractivity contribution in [1.29, 1.82) is 0 Å². The molecular formula is C31H41NO12. The van der Waals surface area contributed by atoms with Crippen LogP contribution in [0, 0.1) is 28.6 Å². The van der Waals surface area contributed by atoms with Crippen molar-refractivity contribution >= 4 is 23.7 Å². The molecule has 4 N–H and O–H groups in total. The zero-order valence-electron chi connectivity index (χ0n) is 25.5. The molecule has 1 spiro atoms. The fraction of sp³-hybridized carbons (Fsp3) is 0.742. The number of aliphatic hydroxyl groups is 3. The molecule has 0 amide bonds. The van der Waals surface area contributed by atoms with Crippen LogP contribution in [0.3, 0.4) is 0 Å². The highest BCUT2D eigenvalue weighted by atomic mass is 16.7. The van der Waals surface area contributed by atoms with Gasteiger partial charge in [-0.15, -0.1) is 0 Å². The highest BCUT2D eigenvalue weighted by Gasteiger charge is 2.84. The predicted octanol–water partition coefficient (Wildman–Crippen LogP) is 0.0460. The molecule has 13 nitrogen and oxygen atoms in total. The molecule has 0 aromatic heterocycles. The Morgan fingerprint density at radius 3 is 2.50 bits per heavy atom. The van der Waals surface area contributed by atoms with Gasteiger partial charge in [0, 0.05) is 23.8 Å². The van der Waals surface area contributed by atoms with E-state index in [0.717, 1.165) is 13.5 Å². The fourth-order valence-corrected chi connectivity index (χ4v) is 9.59. The SMILES string of the molecule is COC(=O)[C@@]12OC[C@]34C([C@@H](O)[C@@H]1O)[C@@]1(C)CC(=O)C(OC(=O)[C@H]5CCCN5)=C(C)[C@@H]1C[C@H]3OC(O)[C@H](OC(=O)C=C(C)C)[C@@H]24. The first-order chi connectivity index (χ1) is 20.7. The van der Waals surface area contributed by atoms with Gasteiger partial charge < -0.3 is 44.3 Å². The number of Topliss-reactive ketones (excluding diaryl/α,β-unsaturated/α-hetero) is 1. The molecule has 0 radical (unpaired) electrons. The van der Waals surface area contributed by atoms with Gasteiger partial charge in [0.2, 0.25) is 5.60 Å². The summed E-state index contributed by atoms with van der Waals surface area (Å²) in [5.74, 6) is -5.38. The van der Waals surface area contributed by atoms with Crippen LogP contribution in [0.4, 0.5) is 0 Å². The van der Waals surface area contributed by atoms with Crippen molar-refractivity contribution in [3.05, 3.63) is 23.0 Å². The molecule has 0 aromatic rings. The fourth-order valence-electron chi connectivity index (χ4n) is 9.59. The summed E-state index contributed by atoms with van der Waals surface area (Å²) in [4.78, 5) is 53.0. The molecular weight excluding hydrogens is 578 g/mol. The van der Waals surface area contributed by atoms with Crippen LogP contribution in [-0.4, -0.2) is 102 Å². The zero-order valence-corrected chi connectivity index (χ0v) is 25.5. The van der Waals surface area contributed by atoms with Crippen molar-refractivity contribution in [3.63, 3.8) is 0 Å². The third-order valence-electron chi connectivity index (χ3n) is 11.1. The summed E-state index contributed by atoms with van der Waals surface area (Å²) >= 11 is 0. The number of rotatable bonds is 5. The van der Waals surface area contributed by atoms with Gasteiger partial charge >= 0.3 is 17.9 Å². The van der Waals surface area contributed by atoms with Crippen LogP contribution in [0.25, 0.3) is 0 Å². The molecule has 3 aliphatic carbocycles. The molecule has 6 rings (SSSR count). The average Bonchev–Trinajstić information content (AvgIpc) is 3.60. The molecule has 242 valence electrons. The second kappa shape index (κ2) is 10.7. The second-order valence-electron chi connectivity index (χ2n) is 13.7. The quantitative estimate of drug-likeness (QED) is 0.184. The van der Waals surface area contributed by atoms with Crippen LogP contribution in [-0.2, 0) is 42.9 Å². The van der Waals surface area contributed by atoms with E-state index in [2.05, 4.69) is 5.32 Å². The Labute approximate surface area is 254 Å². The Kier molecular flexibility index (Phi) is 7.62. The number of fused-ring (bicyclic) bond motifs is 2. The summed E-state index contributed by atoms with van der Waals surface area (Å²) in [6.45, 7) is 7.40. The maximum absolute atomic E-state index is 13.8. The number of aliphatic hydroxyl groups excluding tert-OH is 3. The van der Waals surface area contributed by atoms with Crippen molar-refractivity contribution in [2.75, 3.05) is 20.3 Å². The first-order valence-corrected chi connectivity index (χ1v) is 15.2. The van der Waals surface area contributed by atoms with Gasteiger partial charge in [-0.2, -0.15) is 0 Å². The van der Waals surface area contributed by atoms with E-state index in [0.29, 0.717) is 24.1 Å². The van der Waals surface area contributed by atoms with Gasteiger partial charge in [-0.3, -0.25) is 4.79 Å². The van der Waals surface area contributed by atoms with E-state index in [-0.39, 0.29) is 25.2 Å². The summed E-state index contributed by atoms with van der Waals surface area (Å²) in [5, 5.41) is 38.1. The van der Waals surface area contributed by atoms with Gasteiger partial charge in [0.15, 0.2) is 23.9 Å². The van der Waals surface area contributed by atoms with Crippen LogP contribution >= 0.6 is 0 Å². The molecule has 13 heteroatoms. The van der Waals surface area contributed by atoms with Crippen molar-refractivity contribution in [2.24, 2.45) is 28.6 Å². The lowest BCUT2D eigenvalue weighted by molar-refractivity contribution is -0.348. The molecule has 44 heavy (non-hydrogen) atoms. The number of ketones is 1. The van der Waals surface area contributed by atoms with Gasteiger partial charge in [-0.1, -0.05) is 12.5 Å². The summed E-state index contributed by atoms with van der Waals surface area (Å²) in [5.41, 5.74) is -3.37. The summed E-state index contributed by atoms with van der Waals surface area (Å²) in [7, 11) is 1.12. The van der Waals surface area contributed by atoms with Gasteiger partial charge in [0.1, 0.15) is 12.1 Å². The van der Waals surface area contributed by atoms with Gasteiger partial charge in [0.25, 0.3) is 0 Å². The lowest BCUT2D eigenvalue weighted by atomic mass is 9.38. The number of ether oxygens (including phenoxy) is 5. The minimum absolute atomic E-state index is 0.0408. The number of methoxy groups -OCH3 is 1. The zero-order chi connectivity index (χ0) is 31.9. The molecule has 3 heterocycles. The number of carbonyl (C=O) groups is 4. The number of hydrogen-bond acceptors (Lipinski definition) is 13. The monoisotopic (exact) mass is 619 g/mol. The van der Waals surface area contributed by atoms with E-state index in [1.807, 2.05) is 6.92 Å². The molecule has 6 aliphatic rings. The van der Waals surface area contributed by atoms with Gasteiger partial charge in [-0.05, 0) is 63.5 Å². The molecule has 2 saturated carbocycles. The minimum atomic E-state index is -2.19. The Balaban J connectivity index is 1.47. The lowest BCUT2D eigenvalue weighted by Crippen LogP contribution is -2.79. The van der Waals surface area contributed by atoms with E-state index in [1.165, 1.54) is 6.08 Å². The summed E-state index contributed by atoms with van der Waals surface area (Å²) in [6, 6.07) is -0.507. The molecule has 2 bridgehead atoms. The Bertz CT molecular complexity index is 1330. The van der Waals surface area contributed by atoms with Crippen molar-refractivity contribution in [1.82, 2.24) is 5.32 Å². The first kappa shape index (κ1) is 31.3. The highest BCUT2D eigenvalue weighted by Crippen LogP contribution is 2.73. The molecule has 2 unspecified atom stereocenters. The smallest absolute Gasteiger partial charge is 0.341 e. The van der Waals surface area contributed by atoms with Crippen LogP contribution < -0.4 is 5.32 Å². The van der Waals surface area contributed by atoms with Crippen LogP contribution in [0.15, 0.2) is 23.0 Å².